The van der Waals surface area contributed by atoms with Crippen LogP contribution in [0.15, 0.2) is 36.4 Å². The summed E-state index contributed by atoms with van der Waals surface area (Å²) in [6, 6.07) is 12.2. The van der Waals surface area contributed by atoms with Gasteiger partial charge >= 0.3 is 0 Å². The van der Waals surface area contributed by atoms with Crippen molar-refractivity contribution in [3.05, 3.63) is 52.8 Å². The lowest BCUT2D eigenvalue weighted by atomic mass is 9.88. The summed E-state index contributed by atoms with van der Waals surface area (Å²) in [6.45, 7) is 0.888. The number of aryl methyl sites for hydroxylation is 2. The second-order valence-electron chi connectivity index (χ2n) is 7.53. The molecule has 2 aromatic carbocycles. The molecular formula is C23H27ClN2O2. The highest BCUT2D eigenvalue weighted by Crippen LogP contribution is 2.35. The van der Waals surface area contributed by atoms with Crippen molar-refractivity contribution in [2.45, 2.75) is 51.0 Å². The Balaban J connectivity index is 1.65. The van der Waals surface area contributed by atoms with Crippen LogP contribution >= 0.6 is 11.6 Å². The zero-order chi connectivity index (χ0) is 19.5. The first-order valence-electron chi connectivity index (χ1n) is 10.1. The van der Waals surface area contributed by atoms with Gasteiger partial charge < -0.3 is 14.0 Å². The lowest BCUT2D eigenvalue weighted by Crippen LogP contribution is -2.13. The molecule has 0 aliphatic heterocycles. The number of imidazole rings is 1. The van der Waals surface area contributed by atoms with Crippen molar-refractivity contribution in [1.29, 1.82) is 0 Å². The molecule has 1 aliphatic carbocycles. The topological polar surface area (TPSA) is 36.3 Å². The predicted octanol–water partition coefficient (Wildman–Crippen LogP) is 6.00. The molecule has 0 unspecified atom stereocenters. The lowest BCUT2D eigenvalue weighted by Gasteiger charge is -2.22. The largest absolute Gasteiger partial charge is 0.493 e. The maximum absolute atomic E-state index is 6.23. The van der Waals surface area contributed by atoms with Crippen LogP contribution in [0.2, 0.25) is 5.02 Å². The van der Waals surface area contributed by atoms with Gasteiger partial charge in [-0.3, -0.25) is 0 Å². The summed E-state index contributed by atoms with van der Waals surface area (Å²) >= 11 is 6.23. The van der Waals surface area contributed by atoms with Crippen LogP contribution in [0.1, 0.15) is 49.4 Å². The Morgan fingerprint density at radius 2 is 1.79 bits per heavy atom. The normalized spacial score (nSPS) is 15.1. The third kappa shape index (κ3) is 3.83. The Morgan fingerprint density at radius 3 is 2.54 bits per heavy atom. The van der Waals surface area contributed by atoms with Gasteiger partial charge in [-0.2, -0.15) is 0 Å². The fourth-order valence-electron chi connectivity index (χ4n) is 4.31. The van der Waals surface area contributed by atoms with Crippen molar-refractivity contribution in [2.75, 3.05) is 14.2 Å². The summed E-state index contributed by atoms with van der Waals surface area (Å²) in [5.74, 6) is 3.30. The Morgan fingerprint density at radius 1 is 1.00 bits per heavy atom. The average Bonchev–Trinajstić information content (AvgIpc) is 3.10. The minimum absolute atomic E-state index is 0.547. The molecule has 0 atom stereocenters. The van der Waals surface area contributed by atoms with E-state index in [9.17, 15) is 0 Å². The van der Waals surface area contributed by atoms with Crippen LogP contribution < -0.4 is 9.47 Å². The number of nitrogens with zero attached hydrogens (tertiary/aromatic N) is 2. The highest BCUT2D eigenvalue weighted by atomic mass is 35.5. The highest BCUT2D eigenvalue weighted by Gasteiger charge is 2.22. The smallest absolute Gasteiger partial charge is 0.160 e. The molecule has 5 heteroatoms. The van der Waals surface area contributed by atoms with Crippen molar-refractivity contribution in [2.24, 2.45) is 0 Å². The first kappa shape index (κ1) is 19.1. The summed E-state index contributed by atoms with van der Waals surface area (Å²) < 4.78 is 13.2. The summed E-state index contributed by atoms with van der Waals surface area (Å²) in [5.41, 5.74) is 3.40. The molecular weight excluding hydrogens is 372 g/mol. The molecule has 0 saturated heterocycles. The first-order chi connectivity index (χ1) is 13.7. The SMILES string of the molecule is COc1ccc(CCn2c(C3CCCCC3)nc3cc(Cl)ccc32)cc1OC. The van der Waals surface area contributed by atoms with Gasteiger partial charge in [0.05, 0.1) is 25.3 Å². The van der Waals surface area contributed by atoms with Gasteiger partial charge in [-0.15, -0.1) is 0 Å². The van der Waals surface area contributed by atoms with Crippen LogP contribution in [0.25, 0.3) is 11.0 Å². The van der Waals surface area contributed by atoms with E-state index in [-0.39, 0.29) is 0 Å². The van der Waals surface area contributed by atoms with E-state index in [4.69, 9.17) is 26.1 Å². The minimum Gasteiger partial charge on any atom is -0.493 e. The molecule has 1 aliphatic rings. The van der Waals surface area contributed by atoms with Crippen molar-refractivity contribution in [1.82, 2.24) is 9.55 Å². The summed E-state index contributed by atoms with van der Waals surface area (Å²) in [6.07, 6.45) is 7.30. The number of aromatic nitrogens is 2. The summed E-state index contributed by atoms with van der Waals surface area (Å²) in [5, 5.41) is 0.743. The fourth-order valence-corrected chi connectivity index (χ4v) is 4.47. The van der Waals surface area contributed by atoms with E-state index < -0.39 is 0 Å². The highest BCUT2D eigenvalue weighted by molar-refractivity contribution is 6.31. The molecule has 1 aromatic heterocycles. The number of hydrogen-bond donors (Lipinski definition) is 0. The van der Waals surface area contributed by atoms with Gasteiger partial charge in [0.25, 0.3) is 0 Å². The van der Waals surface area contributed by atoms with E-state index in [0.29, 0.717) is 5.92 Å². The van der Waals surface area contributed by atoms with Crippen molar-refractivity contribution in [3.63, 3.8) is 0 Å². The molecule has 0 radical (unpaired) electrons. The number of fused-ring (bicyclic) bond motifs is 1. The van der Waals surface area contributed by atoms with E-state index in [2.05, 4.69) is 22.8 Å². The molecule has 0 N–H and O–H groups in total. The number of hydrogen-bond acceptors (Lipinski definition) is 3. The van der Waals surface area contributed by atoms with E-state index in [1.165, 1.54) is 49.0 Å². The van der Waals surface area contributed by atoms with Crippen LogP contribution in [0.3, 0.4) is 0 Å². The molecule has 148 valence electrons. The number of methoxy groups -OCH3 is 2. The zero-order valence-corrected chi connectivity index (χ0v) is 17.3. The fraction of sp³-hybridized carbons (Fsp3) is 0.435. The van der Waals surface area contributed by atoms with Gasteiger partial charge in [0.2, 0.25) is 0 Å². The molecule has 3 aromatic rings. The number of benzene rings is 2. The van der Waals surface area contributed by atoms with Crippen molar-refractivity contribution in [3.8, 4) is 11.5 Å². The second kappa shape index (κ2) is 8.44. The zero-order valence-electron chi connectivity index (χ0n) is 16.6. The Bertz CT molecular complexity index is 961. The third-order valence-corrected chi connectivity index (χ3v) is 6.02. The monoisotopic (exact) mass is 398 g/mol. The van der Waals surface area contributed by atoms with Gasteiger partial charge in [-0.05, 0) is 55.2 Å². The Labute approximate surface area is 171 Å². The lowest BCUT2D eigenvalue weighted by molar-refractivity contribution is 0.354. The molecule has 1 fully saturated rings. The standard InChI is InChI=1S/C23H27ClN2O2/c1-27-21-11-8-16(14-22(21)28-2)12-13-26-20-10-9-18(24)15-19(20)25-23(26)17-6-4-3-5-7-17/h8-11,14-15,17H,3-7,12-13H2,1-2H3. The third-order valence-electron chi connectivity index (χ3n) is 5.78. The molecule has 1 saturated carbocycles. The Kier molecular flexibility index (Phi) is 5.77. The molecule has 4 rings (SSSR count). The maximum Gasteiger partial charge on any atom is 0.160 e. The van der Waals surface area contributed by atoms with E-state index >= 15 is 0 Å². The molecule has 0 bridgehead atoms. The van der Waals surface area contributed by atoms with Crippen molar-refractivity contribution >= 4 is 22.6 Å². The van der Waals surface area contributed by atoms with E-state index in [1.807, 2.05) is 18.2 Å². The number of halogens is 1. The van der Waals surface area contributed by atoms with Crippen molar-refractivity contribution < 1.29 is 9.47 Å². The van der Waals surface area contributed by atoms with E-state index in [0.717, 1.165) is 35.0 Å². The summed E-state index contributed by atoms with van der Waals surface area (Å²) in [7, 11) is 3.34. The Hall–Kier alpha value is -2.20. The first-order valence-corrected chi connectivity index (χ1v) is 10.4. The molecule has 0 spiro atoms. The quantitative estimate of drug-likeness (QED) is 0.511. The number of ether oxygens (including phenoxy) is 2. The molecule has 28 heavy (non-hydrogen) atoms. The second-order valence-corrected chi connectivity index (χ2v) is 7.97. The minimum atomic E-state index is 0.547. The molecule has 4 nitrogen and oxygen atoms in total. The van der Waals surface area contributed by atoms with Gasteiger partial charge in [0.15, 0.2) is 11.5 Å². The van der Waals surface area contributed by atoms with Crippen LogP contribution in [0, 0.1) is 0 Å². The van der Waals surface area contributed by atoms with Gasteiger partial charge in [-0.25, -0.2) is 4.98 Å². The van der Waals surface area contributed by atoms with E-state index in [1.54, 1.807) is 14.2 Å². The molecule has 0 amide bonds. The van der Waals surface area contributed by atoms with Gasteiger partial charge in [0.1, 0.15) is 5.82 Å². The molecule has 1 heterocycles. The predicted molar refractivity (Wildman–Crippen MR) is 114 cm³/mol. The van der Waals surface area contributed by atoms with Crippen LogP contribution in [-0.4, -0.2) is 23.8 Å². The van der Waals surface area contributed by atoms with Crippen LogP contribution in [0.5, 0.6) is 11.5 Å². The summed E-state index contributed by atoms with van der Waals surface area (Å²) in [4.78, 5) is 5.00. The number of rotatable bonds is 6. The van der Waals surface area contributed by atoms with Gasteiger partial charge in [-0.1, -0.05) is 36.9 Å². The van der Waals surface area contributed by atoms with Crippen LogP contribution in [-0.2, 0) is 13.0 Å². The average molecular weight is 399 g/mol. The maximum atomic E-state index is 6.23. The van der Waals surface area contributed by atoms with Gasteiger partial charge in [0, 0.05) is 17.5 Å². The van der Waals surface area contributed by atoms with Crippen LogP contribution in [0.4, 0.5) is 0 Å².